The average Bonchev–Trinajstić information content (AvgIpc) is 2.54. The van der Waals surface area contributed by atoms with Crippen molar-refractivity contribution in [2.75, 3.05) is 6.54 Å². The molecule has 9 nitrogen and oxygen atoms in total. The number of aliphatic carboxylic acids is 1. The van der Waals surface area contributed by atoms with Gasteiger partial charge in [-0.3, -0.25) is 19.2 Å². The van der Waals surface area contributed by atoms with Crippen molar-refractivity contribution in [3.05, 3.63) is 35.9 Å². The lowest BCUT2D eigenvalue weighted by atomic mass is 10.1. The van der Waals surface area contributed by atoms with Crippen molar-refractivity contribution in [1.82, 2.24) is 10.4 Å². The van der Waals surface area contributed by atoms with Crippen molar-refractivity contribution in [2.45, 2.75) is 25.4 Å². The molecule has 1 aromatic carbocycles. The number of hydroxylamine groups is 1. The first kappa shape index (κ1) is 19.1. The molecule has 24 heavy (non-hydrogen) atoms. The highest BCUT2D eigenvalue weighted by Gasteiger charge is 2.27. The molecule has 1 atom stereocenters. The molecular formula is C15H19N3O6. The summed E-state index contributed by atoms with van der Waals surface area (Å²) in [6, 6.07) is 7.73. The van der Waals surface area contributed by atoms with Crippen LogP contribution in [0.5, 0.6) is 0 Å². The molecule has 0 unspecified atom stereocenters. The van der Waals surface area contributed by atoms with Gasteiger partial charge in [0.05, 0.1) is 0 Å². The second kappa shape index (κ2) is 9.95. The van der Waals surface area contributed by atoms with Crippen molar-refractivity contribution in [3.8, 4) is 0 Å². The van der Waals surface area contributed by atoms with Gasteiger partial charge in [-0.15, -0.1) is 5.48 Å². The first-order chi connectivity index (χ1) is 11.4. The lowest BCUT2D eigenvalue weighted by Crippen LogP contribution is -2.48. The summed E-state index contributed by atoms with van der Waals surface area (Å²) in [7, 11) is 0. The predicted octanol–water partition coefficient (Wildman–Crippen LogP) is -0.588. The summed E-state index contributed by atoms with van der Waals surface area (Å²) in [6.07, 6.45) is -0.162. The van der Waals surface area contributed by atoms with Gasteiger partial charge in [0.1, 0.15) is 12.6 Å². The van der Waals surface area contributed by atoms with Crippen LogP contribution in [-0.4, -0.2) is 46.8 Å². The zero-order valence-corrected chi connectivity index (χ0v) is 12.9. The van der Waals surface area contributed by atoms with E-state index in [-0.39, 0.29) is 25.9 Å². The van der Waals surface area contributed by atoms with Gasteiger partial charge in [-0.25, -0.2) is 0 Å². The Morgan fingerprint density at radius 3 is 2.50 bits per heavy atom. The van der Waals surface area contributed by atoms with E-state index in [1.165, 1.54) is 0 Å². The van der Waals surface area contributed by atoms with Crippen molar-refractivity contribution < 1.29 is 29.1 Å². The second-order valence-corrected chi connectivity index (χ2v) is 4.96. The molecule has 0 aliphatic carbocycles. The number of hydrogen-bond acceptors (Lipinski definition) is 6. The maximum Gasteiger partial charge on any atom is 0.323 e. The molecule has 130 valence electrons. The second-order valence-electron chi connectivity index (χ2n) is 4.96. The molecule has 0 heterocycles. The molecule has 1 aromatic rings. The van der Waals surface area contributed by atoms with Crippen LogP contribution in [0.15, 0.2) is 30.3 Å². The van der Waals surface area contributed by atoms with Crippen LogP contribution in [0.25, 0.3) is 0 Å². The van der Waals surface area contributed by atoms with Crippen molar-refractivity contribution in [2.24, 2.45) is 5.73 Å². The van der Waals surface area contributed by atoms with E-state index in [4.69, 9.17) is 10.8 Å². The van der Waals surface area contributed by atoms with Crippen LogP contribution in [0.4, 0.5) is 0 Å². The maximum atomic E-state index is 12.6. The van der Waals surface area contributed by atoms with E-state index in [1.807, 2.05) is 0 Å². The van der Waals surface area contributed by atoms with Gasteiger partial charge in [-0.05, 0) is 12.0 Å². The van der Waals surface area contributed by atoms with Crippen LogP contribution < -0.4 is 11.2 Å². The van der Waals surface area contributed by atoms with Crippen molar-refractivity contribution >= 4 is 24.3 Å². The molecule has 2 amide bonds. The van der Waals surface area contributed by atoms with E-state index in [1.54, 1.807) is 30.3 Å². The Hall–Kier alpha value is -2.94. The standard InChI is InChI=1S/C15H19N3O6/c16-13(20)7-6-12(17-24-10-19)15(23)18(9-14(21)22)8-11-4-2-1-3-5-11/h1-5,10,12,17H,6-9H2,(H2,16,20)(H,21,22)/t12-/m0/s1. The summed E-state index contributed by atoms with van der Waals surface area (Å²) >= 11 is 0. The van der Waals surface area contributed by atoms with Gasteiger partial charge in [-0.1, -0.05) is 30.3 Å². The first-order valence-corrected chi connectivity index (χ1v) is 7.11. The fraction of sp³-hybridized carbons (Fsp3) is 0.333. The summed E-state index contributed by atoms with van der Waals surface area (Å²) in [5.41, 5.74) is 7.99. The van der Waals surface area contributed by atoms with Crippen molar-refractivity contribution in [1.29, 1.82) is 0 Å². The molecular weight excluding hydrogens is 318 g/mol. The maximum absolute atomic E-state index is 12.6. The summed E-state index contributed by atoms with van der Waals surface area (Å²) in [6.45, 7) is -0.394. The normalized spacial score (nSPS) is 11.3. The number of nitrogens with one attached hydrogen (secondary N) is 1. The number of nitrogens with zero attached hydrogens (tertiary/aromatic N) is 1. The number of primary amides is 1. The molecule has 9 heteroatoms. The highest BCUT2D eigenvalue weighted by atomic mass is 16.7. The zero-order valence-electron chi connectivity index (χ0n) is 12.9. The quantitative estimate of drug-likeness (QED) is 0.362. The third-order valence-corrected chi connectivity index (χ3v) is 3.09. The predicted molar refractivity (Wildman–Crippen MR) is 82.0 cm³/mol. The Balaban J connectivity index is 2.89. The third-order valence-electron chi connectivity index (χ3n) is 3.09. The van der Waals surface area contributed by atoms with Gasteiger partial charge >= 0.3 is 12.4 Å². The highest BCUT2D eigenvalue weighted by molar-refractivity contribution is 5.86. The SMILES string of the molecule is NC(=O)CC[C@H](NOC=O)C(=O)N(CC(=O)O)Cc1ccccc1. The van der Waals surface area contributed by atoms with Crippen LogP contribution in [0, 0.1) is 0 Å². The van der Waals surface area contributed by atoms with Crippen LogP contribution in [0.2, 0.25) is 0 Å². The van der Waals surface area contributed by atoms with E-state index >= 15 is 0 Å². The number of hydrogen-bond donors (Lipinski definition) is 3. The molecule has 0 aliphatic rings. The largest absolute Gasteiger partial charge is 0.480 e. The molecule has 1 rings (SSSR count). The molecule has 0 radical (unpaired) electrons. The van der Waals surface area contributed by atoms with E-state index in [0.717, 1.165) is 10.5 Å². The lowest BCUT2D eigenvalue weighted by molar-refractivity contribution is -0.150. The molecule has 0 saturated carbocycles. The number of nitrogens with two attached hydrogens (primary N) is 1. The number of carboxylic acid groups (broad SMARTS) is 1. The Labute approximate surface area is 138 Å². The van der Waals surface area contributed by atoms with Gasteiger partial charge < -0.3 is 20.6 Å². The van der Waals surface area contributed by atoms with Gasteiger partial charge in [0.15, 0.2) is 0 Å². The van der Waals surface area contributed by atoms with E-state index in [9.17, 15) is 19.2 Å². The smallest absolute Gasteiger partial charge is 0.323 e. The summed E-state index contributed by atoms with van der Waals surface area (Å²) < 4.78 is 0. The fourth-order valence-electron chi connectivity index (χ4n) is 2.03. The molecule has 0 fully saturated rings. The number of rotatable bonds is 11. The Bertz CT molecular complexity index is 578. The molecule has 0 bridgehead atoms. The van der Waals surface area contributed by atoms with E-state index in [0.29, 0.717) is 0 Å². The number of carbonyl (C=O) groups excluding carboxylic acids is 3. The average molecular weight is 337 g/mol. The van der Waals surface area contributed by atoms with E-state index in [2.05, 4.69) is 10.3 Å². The molecule has 0 aromatic heterocycles. The summed E-state index contributed by atoms with van der Waals surface area (Å²) in [5, 5.41) is 9.01. The monoisotopic (exact) mass is 337 g/mol. The zero-order chi connectivity index (χ0) is 17.9. The topological polar surface area (TPSA) is 139 Å². The molecule has 0 spiro atoms. The van der Waals surface area contributed by atoms with Crippen molar-refractivity contribution in [3.63, 3.8) is 0 Å². The number of carboxylic acids is 1. The van der Waals surface area contributed by atoms with Crippen LogP contribution in [-0.2, 0) is 30.6 Å². The Morgan fingerprint density at radius 2 is 1.96 bits per heavy atom. The van der Waals surface area contributed by atoms with Crippen LogP contribution in [0.3, 0.4) is 0 Å². The highest BCUT2D eigenvalue weighted by Crippen LogP contribution is 2.09. The molecule has 4 N–H and O–H groups in total. The number of benzene rings is 1. The first-order valence-electron chi connectivity index (χ1n) is 7.11. The van der Waals surface area contributed by atoms with Crippen LogP contribution in [0.1, 0.15) is 18.4 Å². The minimum Gasteiger partial charge on any atom is -0.480 e. The van der Waals surface area contributed by atoms with Gasteiger partial charge in [0.2, 0.25) is 11.8 Å². The van der Waals surface area contributed by atoms with Gasteiger partial charge in [0.25, 0.3) is 0 Å². The Kier molecular flexibility index (Phi) is 7.92. The van der Waals surface area contributed by atoms with E-state index < -0.39 is 30.4 Å². The summed E-state index contributed by atoms with van der Waals surface area (Å²) in [4.78, 5) is 50.3. The summed E-state index contributed by atoms with van der Waals surface area (Å²) in [5.74, 6) is -2.44. The van der Waals surface area contributed by atoms with Gasteiger partial charge in [0, 0.05) is 13.0 Å². The van der Waals surface area contributed by atoms with Gasteiger partial charge in [-0.2, -0.15) is 0 Å². The lowest BCUT2D eigenvalue weighted by Gasteiger charge is -2.25. The minimum atomic E-state index is -1.19. The third kappa shape index (κ3) is 6.88. The van der Waals surface area contributed by atoms with Crippen LogP contribution >= 0.6 is 0 Å². The molecule has 0 saturated heterocycles. The number of amides is 2. The molecule has 0 aliphatic heterocycles. The number of carbonyl (C=O) groups is 4. The Morgan fingerprint density at radius 1 is 1.29 bits per heavy atom. The fourth-order valence-corrected chi connectivity index (χ4v) is 2.03. The minimum absolute atomic E-state index is 0.0348.